The van der Waals surface area contributed by atoms with Crippen LogP contribution in [0.5, 0.6) is 0 Å². The third-order valence-corrected chi connectivity index (χ3v) is 3.72. The smallest absolute Gasteiger partial charge is 0.0995 e. The Labute approximate surface area is 131 Å². The first kappa shape index (κ1) is 13.6. The number of rotatable bonds is 3. The van der Waals surface area contributed by atoms with Crippen LogP contribution in [0.25, 0.3) is 10.9 Å². The number of nitrogens with one attached hydrogen (secondary N) is 1. The first-order valence-corrected chi connectivity index (χ1v) is 7.33. The van der Waals surface area contributed by atoms with E-state index in [1.54, 1.807) is 6.20 Å². The highest BCUT2D eigenvalue weighted by Crippen LogP contribution is 2.24. The molecule has 21 heavy (non-hydrogen) atoms. The van der Waals surface area contributed by atoms with Gasteiger partial charge in [0.25, 0.3) is 0 Å². The molecule has 0 unspecified atom stereocenters. The van der Waals surface area contributed by atoms with Gasteiger partial charge in [0.2, 0.25) is 0 Å². The van der Waals surface area contributed by atoms with Gasteiger partial charge in [-0.05, 0) is 39.7 Å². The molecule has 0 saturated carbocycles. The molecule has 0 saturated heterocycles. The average molecular weight is 338 g/mol. The van der Waals surface area contributed by atoms with Gasteiger partial charge >= 0.3 is 0 Å². The van der Waals surface area contributed by atoms with Crippen LogP contribution in [0.3, 0.4) is 0 Å². The molecule has 0 atom stereocenters. The molecule has 0 aliphatic carbocycles. The van der Waals surface area contributed by atoms with Crippen LogP contribution in [0.15, 0.2) is 59.2 Å². The lowest BCUT2D eigenvalue weighted by Gasteiger charge is -2.10. The Balaban J connectivity index is 1.91. The van der Waals surface area contributed by atoms with Gasteiger partial charge in [-0.15, -0.1) is 0 Å². The molecule has 1 aromatic heterocycles. The van der Waals surface area contributed by atoms with Crippen molar-refractivity contribution < 1.29 is 0 Å². The van der Waals surface area contributed by atoms with Crippen molar-refractivity contribution in [2.75, 3.05) is 5.32 Å². The zero-order valence-electron chi connectivity index (χ0n) is 11.2. The maximum Gasteiger partial charge on any atom is 0.0995 e. The van der Waals surface area contributed by atoms with Crippen molar-refractivity contribution >= 4 is 32.5 Å². The fourth-order valence-corrected chi connectivity index (χ4v) is 2.60. The third kappa shape index (κ3) is 2.88. The summed E-state index contributed by atoms with van der Waals surface area (Å²) in [5, 5.41) is 13.6. The van der Waals surface area contributed by atoms with E-state index in [9.17, 15) is 0 Å². The lowest BCUT2D eigenvalue weighted by atomic mass is 10.1. The molecule has 0 bridgehead atoms. The molecule has 102 valence electrons. The van der Waals surface area contributed by atoms with Crippen LogP contribution >= 0.6 is 15.9 Å². The van der Waals surface area contributed by atoms with E-state index in [2.05, 4.69) is 32.3 Å². The van der Waals surface area contributed by atoms with Crippen LogP contribution in [0.4, 0.5) is 5.69 Å². The Morgan fingerprint density at radius 1 is 1.14 bits per heavy atom. The number of benzene rings is 2. The number of anilines is 1. The Kier molecular flexibility index (Phi) is 3.85. The minimum Gasteiger partial charge on any atom is -0.379 e. The van der Waals surface area contributed by atoms with Crippen molar-refractivity contribution in [2.24, 2.45) is 0 Å². The fraction of sp³-hybridized carbons (Fsp3) is 0.0588. The maximum atomic E-state index is 9.12. The van der Waals surface area contributed by atoms with Crippen molar-refractivity contribution in [1.82, 2.24) is 4.98 Å². The lowest BCUT2D eigenvalue weighted by molar-refractivity contribution is 1.14. The number of fused-ring (bicyclic) bond motifs is 1. The van der Waals surface area contributed by atoms with E-state index in [-0.39, 0.29) is 0 Å². The molecule has 0 fully saturated rings. The predicted molar refractivity (Wildman–Crippen MR) is 87.9 cm³/mol. The molecule has 1 N–H and O–H groups in total. The summed E-state index contributed by atoms with van der Waals surface area (Å²) >= 11 is 3.43. The second-order valence-corrected chi connectivity index (χ2v) is 5.57. The summed E-state index contributed by atoms with van der Waals surface area (Å²) in [6.45, 7) is 0.598. The van der Waals surface area contributed by atoms with Gasteiger partial charge in [-0.25, -0.2) is 0 Å². The quantitative estimate of drug-likeness (QED) is 0.766. The number of hydrogen-bond acceptors (Lipinski definition) is 3. The second-order valence-electron chi connectivity index (χ2n) is 4.65. The van der Waals surface area contributed by atoms with Gasteiger partial charge in [0.05, 0.1) is 22.8 Å². The van der Waals surface area contributed by atoms with Crippen LogP contribution < -0.4 is 5.32 Å². The van der Waals surface area contributed by atoms with Crippen LogP contribution in [-0.4, -0.2) is 4.98 Å². The monoisotopic (exact) mass is 337 g/mol. The Bertz CT molecular complexity index is 837. The Morgan fingerprint density at radius 2 is 2.00 bits per heavy atom. The van der Waals surface area contributed by atoms with Crippen LogP contribution in [0.2, 0.25) is 0 Å². The van der Waals surface area contributed by atoms with Crippen LogP contribution in [0.1, 0.15) is 11.1 Å². The molecule has 4 heteroatoms. The summed E-state index contributed by atoms with van der Waals surface area (Å²) in [5.74, 6) is 0. The second kappa shape index (κ2) is 5.94. The van der Waals surface area contributed by atoms with Crippen molar-refractivity contribution in [1.29, 1.82) is 5.26 Å². The molecule has 3 nitrogen and oxygen atoms in total. The highest BCUT2D eigenvalue weighted by molar-refractivity contribution is 9.10. The van der Waals surface area contributed by atoms with Crippen LogP contribution in [-0.2, 0) is 6.54 Å². The first-order valence-electron chi connectivity index (χ1n) is 6.54. The Hall–Kier alpha value is -2.38. The summed E-state index contributed by atoms with van der Waals surface area (Å²) in [5.41, 5.74) is 3.57. The SMILES string of the molecule is N#Cc1ccccc1CNc1cccc2cc(Br)cnc12. The van der Waals surface area contributed by atoms with E-state index < -0.39 is 0 Å². The average Bonchev–Trinajstić information content (AvgIpc) is 2.52. The van der Waals surface area contributed by atoms with Crippen molar-refractivity contribution in [3.05, 3.63) is 70.3 Å². The molecule has 0 aliphatic heterocycles. The number of nitrogens with zero attached hydrogens (tertiary/aromatic N) is 2. The topological polar surface area (TPSA) is 48.7 Å². The van der Waals surface area contributed by atoms with Gasteiger partial charge in [0.15, 0.2) is 0 Å². The van der Waals surface area contributed by atoms with E-state index >= 15 is 0 Å². The highest BCUT2D eigenvalue weighted by Gasteiger charge is 2.04. The molecule has 2 aromatic carbocycles. The molecule has 0 radical (unpaired) electrons. The standard InChI is InChI=1S/C17H12BrN3/c18-15-8-12-6-3-7-16(17(12)21-11-15)20-10-14-5-2-1-4-13(14)9-19/h1-8,11,20H,10H2. The van der Waals surface area contributed by atoms with Crippen LogP contribution in [0, 0.1) is 11.3 Å². The summed E-state index contributed by atoms with van der Waals surface area (Å²) in [6.07, 6.45) is 1.79. The lowest BCUT2D eigenvalue weighted by Crippen LogP contribution is -2.02. The number of pyridine rings is 1. The number of aromatic nitrogens is 1. The van der Waals surface area contributed by atoms with Gasteiger partial charge in [-0.3, -0.25) is 4.98 Å². The van der Waals surface area contributed by atoms with Crippen molar-refractivity contribution in [3.63, 3.8) is 0 Å². The molecule has 3 aromatic rings. The number of hydrogen-bond donors (Lipinski definition) is 1. The van der Waals surface area contributed by atoms with Gasteiger partial charge in [0.1, 0.15) is 0 Å². The zero-order chi connectivity index (χ0) is 14.7. The fourth-order valence-electron chi connectivity index (χ4n) is 2.25. The molecule has 0 aliphatic rings. The highest BCUT2D eigenvalue weighted by atomic mass is 79.9. The number of nitriles is 1. The summed E-state index contributed by atoms with van der Waals surface area (Å²) < 4.78 is 0.960. The number of halogens is 1. The first-order chi connectivity index (χ1) is 10.3. The summed E-state index contributed by atoms with van der Waals surface area (Å²) in [4.78, 5) is 4.46. The normalized spacial score (nSPS) is 10.3. The largest absolute Gasteiger partial charge is 0.379 e. The molecule has 0 amide bonds. The van der Waals surface area contributed by atoms with Gasteiger partial charge in [0, 0.05) is 22.6 Å². The predicted octanol–water partition coefficient (Wildman–Crippen LogP) is 4.48. The summed E-state index contributed by atoms with van der Waals surface area (Å²) in [7, 11) is 0. The molecular formula is C17H12BrN3. The van der Waals surface area contributed by atoms with Gasteiger partial charge in [-0.1, -0.05) is 30.3 Å². The van der Waals surface area contributed by atoms with E-state index in [4.69, 9.17) is 5.26 Å². The summed E-state index contributed by atoms with van der Waals surface area (Å²) in [6, 6.07) is 17.9. The van der Waals surface area contributed by atoms with Gasteiger partial charge < -0.3 is 5.32 Å². The number of para-hydroxylation sites is 1. The van der Waals surface area contributed by atoms with E-state index in [1.807, 2.05) is 48.5 Å². The van der Waals surface area contributed by atoms with E-state index in [0.717, 1.165) is 26.6 Å². The maximum absolute atomic E-state index is 9.12. The van der Waals surface area contributed by atoms with Crippen molar-refractivity contribution in [2.45, 2.75) is 6.54 Å². The van der Waals surface area contributed by atoms with E-state index in [0.29, 0.717) is 12.1 Å². The molecule has 0 spiro atoms. The third-order valence-electron chi connectivity index (χ3n) is 3.28. The molecule has 3 rings (SSSR count). The minimum absolute atomic E-state index is 0.598. The Morgan fingerprint density at radius 3 is 2.86 bits per heavy atom. The minimum atomic E-state index is 0.598. The van der Waals surface area contributed by atoms with E-state index in [1.165, 1.54) is 0 Å². The van der Waals surface area contributed by atoms with Gasteiger partial charge in [-0.2, -0.15) is 5.26 Å². The van der Waals surface area contributed by atoms with Crippen molar-refractivity contribution in [3.8, 4) is 6.07 Å². The molecule has 1 heterocycles. The zero-order valence-corrected chi connectivity index (χ0v) is 12.8. The molecular weight excluding hydrogens is 326 g/mol.